The molecule has 29 heavy (non-hydrogen) atoms. The Kier molecular flexibility index (Phi) is 8.22. The number of carbonyl (C=O) groups is 1. The number of aliphatic hydroxyl groups is 1. The van der Waals surface area contributed by atoms with Gasteiger partial charge in [-0.2, -0.15) is 0 Å². The van der Waals surface area contributed by atoms with Gasteiger partial charge in [-0.25, -0.2) is 4.79 Å². The van der Waals surface area contributed by atoms with Crippen molar-refractivity contribution in [2.24, 2.45) is 0 Å². The van der Waals surface area contributed by atoms with Gasteiger partial charge in [-0.1, -0.05) is 60.7 Å². The van der Waals surface area contributed by atoms with E-state index in [1.165, 1.54) is 16.9 Å². The number of aryl methyl sites for hydroxylation is 1. The third kappa shape index (κ3) is 7.33. The third-order valence-electron chi connectivity index (χ3n) is 4.68. The van der Waals surface area contributed by atoms with Crippen LogP contribution >= 0.6 is 11.3 Å². The monoisotopic (exact) mass is 410 g/mol. The SMILES string of the molecule is O=C(NC(CC(O)CCCc1ccccc1)c1ccccc1)OCc1cncs1. The van der Waals surface area contributed by atoms with E-state index in [1.807, 2.05) is 48.5 Å². The highest BCUT2D eigenvalue weighted by molar-refractivity contribution is 7.09. The summed E-state index contributed by atoms with van der Waals surface area (Å²) in [5.74, 6) is 0. The van der Waals surface area contributed by atoms with Crippen LogP contribution in [0.4, 0.5) is 4.79 Å². The molecule has 3 aromatic rings. The predicted octanol–water partition coefficient (Wildman–Crippen LogP) is 4.88. The van der Waals surface area contributed by atoms with Crippen LogP contribution in [-0.2, 0) is 17.8 Å². The minimum absolute atomic E-state index is 0.192. The van der Waals surface area contributed by atoms with E-state index >= 15 is 0 Å². The summed E-state index contributed by atoms with van der Waals surface area (Å²) in [7, 11) is 0. The van der Waals surface area contributed by atoms with E-state index in [4.69, 9.17) is 4.74 Å². The van der Waals surface area contributed by atoms with Crippen LogP contribution in [0.25, 0.3) is 0 Å². The van der Waals surface area contributed by atoms with Gasteiger partial charge in [0.05, 0.1) is 22.5 Å². The van der Waals surface area contributed by atoms with Gasteiger partial charge in [0.1, 0.15) is 6.61 Å². The number of aliphatic hydroxyl groups excluding tert-OH is 1. The van der Waals surface area contributed by atoms with Crippen molar-refractivity contribution in [3.63, 3.8) is 0 Å². The Morgan fingerprint density at radius 3 is 2.52 bits per heavy atom. The molecule has 2 aromatic carbocycles. The van der Waals surface area contributed by atoms with Crippen molar-refractivity contribution in [2.45, 2.75) is 44.4 Å². The fraction of sp³-hybridized carbons (Fsp3) is 0.304. The second-order valence-corrected chi connectivity index (χ2v) is 7.89. The van der Waals surface area contributed by atoms with E-state index in [9.17, 15) is 9.90 Å². The normalized spacial score (nSPS) is 12.9. The lowest BCUT2D eigenvalue weighted by Gasteiger charge is -2.22. The Hall–Kier alpha value is -2.70. The van der Waals surface area contributed by atoms with Gasteiger partial charge in [0.2, 0.25) is 0 Å². The number of nitrogens with one attached hydrogen (secondary N) is 1. The molecule has 6 heteroatoms. The highest BCUT2D eigenvalue weighted by atomic mass is 32.1. The number of alkyl carbamates (subject to hydrolysis) is 1. The zero-order valence-electron chi connectivity index (χ0n) is 16.2. The van der Waals surface area contributed by atoms with Crippen LogP contribution < -0.4 is 5.32 Å². The minimum atomic E-state index is -0.509. The number of hydrogen-bond donors (Lipinski definition) is 2. The lowest BCUT2D eigenvalue weighted by atomic mass is 9.97. The molecule has 0 aliphatic heterocycles. The lowest BCUT2D eigenvalue weighted by Crippen LogP contribution is -2.31. The van der Waals surface area contributed by atoms with E-state index in [1.54, 1.807) is 11.7 Å². The van der Waals surface area contributed by atoms with Gasteiger partial charge in [-0.05, 0) is 36.8 Å². The van der Waals surface area contributed by atoms with E-state index in [2.05, 4.69) is 22.4 Å². The Morgan fingerprint density at radius 1 is 1.10 bits per heavy atom. The Labute approximate surface area is 175 Å². The van der Waals surface area contributed by atoms with Crippen molar-refractivity contribution in [1.82, 2.24) is 10.3 Å². The second kappa shape index (κ2) is 11.3. The second-order valence-electron chi connectivity index (χ2n) is 6.92. The molecule has 0 radical (unpaired) electrons. The van der Waals surface area contributed by atoms with Gasteiger partial charge in [0, 0.05) is 6.20 Å². The molecule has 0 aliphatic carbocycles. The molecule has 3 rings (SSSR count). The summed E-state index contributed by atoms with van der Waals surface area (Å²) >= 11 is 1.44. The number of rotatable bonds is 10. The topological polar surface area (TPSA) is 71.5 Å². The molecule has 2 atom stereocenters. The first-order valence-electron chi connectivity index (χ1n) is 9.78. The van der Waals surface area contributed by atoms with Gasteiger partial charge in [0.15, 0.2) is 0 Å². The number of hydrogen-bond acceptors (Lipinski definition) is 5. The predicted molar refractivity (Wildman–Crippen MR) is 115 cm³/mol. The van der Waals surface area contributed by atoms with E-state index in [-0.39, 0.29) is 12.6 Å². The average Bonchev–Trinajstić information content (AvgIpc) is 3.27. The van der Waals surface area contributed by atoms with Crippen molar-refractivity contribution < 1.29 is 14.6 Å². The zero-order chi connectivity index (χ0) is 20.3. The van der Waals surface area contributed by atoms with Gasteiger partial charge < -0.3 is 15.2 Å². The van der Waals surface area contributed by atoms with Crippen LogP contribution in [0.5, 0.6) is 0 Å². The van der Waals surface area contributed by atoms with Gasteiger partial charge in [0.25, 0.3) is 0 Å². The van der Waals surface area contributed by atoms with Gasteiger partial charge in [-0.3, -0.25) is 4.98 Å². The van der Waals surface area contributed by atoms with Crippen molar-refractivity contribution in [1.29, 1.82) is 0 Å². The molecule has 1 heterocycles. The number of carbonyl (C=O) groups excluding carboxylic acids is 1. The van der Waals surface area contributed by atoms with Crippen LogP contribution in [-0.4, -0.2) is 22.3 Å². The van der Waals surface area contributed by atoms with Crippen LogP contribution in [0.1, 0.15) is 41.3 Å². The summed E-state index contributed by atoms with van der Waals surface area (Å²) in [6, 6.07) is 19.6. The van der Waals surface area contributed by atoms with Crippen LogP contribution in [0.15, 0.2) is 72.4 Å². The van der Waals surface area contributed by atoms with Crippen molar-refractivity contribution in [2.75, 3.05) is 0 Å². The molecule has 1 aromatic heterocycles. The number of aromatic nitrogens is 1. The smallest absolute Gasteiger partial charge is 0.407 e. The Morgan fingerprint density at radius 2 is 1.83 bits per heavy atom. The Bertz CT molecular complexity index is 841. The van der Waals surface area contributed by atoms with E-state index in [0.29, 0.717) is 12.8 Å². The molecular formula is C23H26N2O3S. The highest BCUT2D eigenvalue weighted by Gasteiger charge is 2.19. The molecular weight excluding hydrogens is 384 g/mol. The van der Waals surface area contributed by atoms with Crippen molar-refractivity contribution in [3.8, 4) is 0 Å². The first kappa shape index (κ1) is 21.0. The molecule has 1 amide bonds. The van der Waals surface area contributed by atoms with Crippen LogP contribution in [0, 0.1) is 0 Å². The lowest BCUT2D eigenvalue weighted by molar-refractivity contribution is 0.118. The maximum atomic E-state index is 12.3. The summed E-state index contributed by atoms with van der Waals surface area (Å²) in [6.45, 7) is 0.192. The number of nitrogens with zero attached hydrogens (tertiary/aromatic N) is 1. The maximum absolute atomic E-state index is 12.3. The molecule has 0 saturated carbocycles. The van der Waals surface area contributed by atoms with Crippen molar-refractivity contribution in [3.05, 3.63) is 88.4 Å². The molecule has 0 spiro atoms. The fourth-order valence-electron chi connectivity index (χ4n) is 3.17. The molecule has 0 aliphatic rings. The average molecular weight is 411 g/mol. The summed E-state index contributed by atoms with van der Waals surface area (Å²) in [5.41, 5.74) is 3.92. The number of amides is 1. The highest BCUT2D eigenvalue weighted by Crippen LogP contribution is 2.21. The molecule has 0 bridgehead atoms. The fourth-order valence-corrected chi connectivity index (χ4v) is 3.68. The first-order chi connectivity index (χ1) is 14.2. The van der Waals surface area contributed by atoms with E-state index < -0.39 is 12.2 Å². The zero-order valence-corrected chi connectivity index (χ0v) is 17.1. The molecule has 2 unspecified atom stereocenters. The minimum Gasteiger partial charge on any atom is -0.444 e. The van der Waals surface area contributed by atoms with Gasteiger partial charge in [-0.15, -0.1) is 11.3 Å². The summed E-state index contributed by atoms with van der Waals surface area (Å²) in [5, 5.41) is 13.5. The van der Waals surface area contributed by atoms with Crippen molar-refractivity contribution >= 4 is 17.4 Å². The molecule has 5 nitrogen and oxygen atoms in total. The van der Waals surface area contributed by atoms with Crippen LogP contribution in [0.3, 0.4) is 0 Å². The first-order valence-corrected chi connectivity index (χ1v) is 10.7. The van der Waals surface area contributed by atoms with E-state index in [0.717, 1.165) is 23.3 Å². The largest absolute Gasteiger partial charge is 0.444 e. The standard InChI is InChI=1S/C23H26N2O3S/c26-20(13-7-10-18-8-3-1-4-9-18)14-22(19-11-5-2-6-12-19)25-23(27)28-16-21-15-24-17-29-21/h1-6,8-9,11-12,15,17,20,22,26H,7,10,13-14,16H2,(H,25,27). The molecule has 0 saturated heterocycles. The van der Waals surface area contributed by atoms with Crippen LogP contribution in [0.2, 0.25) is 0 Å². The molecule has 0 fully saturated rings. The number of thiazole rings is 1. The quantitative estimate of drug-likeness (QED) is 0.499. The summed E-state index contributed by atoms with van der Waals surface area (Å²) in [6.07, 6.45) is 3.61. The number of benzene rings is 2. The molecule has 2 N–H and O–H groups in total. The molecule has 152 valence electrons. The number of ether oxygens (including phenoxy) is 1. The summed E-state index contributed by atoms with van der Waals surface area (Å²) in [4.78, 5) is 17.1. The maximum Gasteiger partial charge on any atom is 0.407 e. The van der Waals surface area contributed by atoms with Gasteiger partial charge >= 0.3 is 6.09 Å². The third-order valence-corrected chi connectivity index (χ3v) is 5.43. The Balaban J connectivity index is 1.51. The summed E-state index contributed by atoms with van der Waals surface area (Å²) < 4.78 is 5.30.